The average molecular weight is 364 g/mol. The van der Waals surface area contributed by atoms with E-state index in [4.69, 9.17) is 0 Å². The molecule has 1 heterocycles. The molecule has 0 bridgehead atoms. The zero-order valence-electron chi connectivity index (χ0n) is 17.5. The van der Waals surface area contributed by atoms with Gasteiger partial charge in [0.1, 0.15) is 5.78 Å². The molecule has 144 valence electrons. The smallest absolute Gasteiger partial charge is 0.135 e. The maximum Gasteiger partial charge on any atom is 0.135 e. The number of hydrogen-bond donors (Lipinski definition) is 0. The van der Waals surface area contributed by atoms with Crippen LogP contribution >= 0.6 is 0 Å². The number of nitrogens with zero attached hydrogens (tertiary/aromatic N) is 1. The molecule has 0 N–H and O–H groups in total. The standard InChI is InChI=1S/C25H33NO/c1-18-13-23(14-19(2)24(18)15-25(4,5)20(3)27)22-11-12-26(17-22)16-21-9-7-6-8-10-21/h6-10,13-14,22H,11-12,15-17H2,1-5H3. The van der Waals surface area contributed by atoms with E-state index >= 15 is 0 Å². The highest BCUT2D eigenvalue weighted by molar-refractivity contribution is 5.81. The van der Waals surface area contributed by atoms with Gasteiger partial charge < -0.3 is 0 Å². The molecule has 2 aromatic carbocycles. The molecule has 0 amide bonds. The van der Waals surface area contributed by atoms with Gasteiger partial charge in [-0.15, -0.1) is 0 Å². The predicted octanol–water partition coefficient (Wildman–Crippen LogP) is 5.45. The minimum Gasteiger partial charge on any atom is -0.299 e. The number of aryl methyl sites for hydroxylation is 2. The summed E-state index contributed by atoms with van der Waals surface area (Å²) in [6.45, 7) is 13.6. The Hall–Kier alpha value is -1.93. The van der Waals surface area contributed by atoms with Crippen LogP contribution in [0.2, 0.25) is 0 Å². The Kier molecular flexibility index (Phi) is 5.86. The third-order valence-electron chi connectivity index (χ3n) is 6.28. The van der Waals surface area contributed by atoms with Crippen molar-refractivity contribution in [1.29, 1.82) is 0 Å². The molecule has 0 saturated carbocycles. The molecule has 1 fully saturated rings. The van der Waals surface area contributed by atoms with E-state index in [-0.39, 0.29) is 11.2 Å². The fourth-order valence-electron chi connectivity index (χ4n) is 4.20. The number of hydrogen-bond acceptors (Lipinski definition) is 2. The zero-order chi connectivity index (χ0) is 19.6. The molecule has 0 spiro atoms. The molecule has 1 unspecified atom stereocenters. The van der Waals surface area contributed by atoms with Crippen molar-refractivity contribution < 1.29 is 4.79 Å². The topological polar surface area (TPSA) is 20.3 Å². The van der Waals surface area contributed by atoms with Crippen molar-refractivity contribution in [3.63, 3.8) is 0 Å². The molecule has 1 aliphatic heterocycles. The summed E-state index contributed by atoms with van der Waals surface area (Å²) >= 11 is 0. The highest BCUT2D eigenvalue weighted by Crippen LogP contribution is 2.33. The molecule has 27 heavy (non-hydrogen) atoms. The van der Waals surface area contributed by atoms with Crippen LogP contribution in [0, 0.1) is 19.3 Å². The number of likely N-dealkylation sites (tertiary alicyclic amines) is 1. The van der Waals surface area contributed by atoms with Gasteiger partial charge in [0.05, 0.1) is 0 Å². The lowest BCUT2D eigenvalue weighted by Gasteiger charge is -2.25. The zero-order valence-corrected chi connectivity index (χ0v) is 17.5. The number of Topliss-reactive ketones (excluding diaryl/α,β-unsaturated/α-hetero) is 1. The van der Waals surface area contributed by atoms with Crippen molar-refractivity contribution >= 4 is 5.78 Å². The maximum atomic E-state index is 11.9. The average Bonchev–Trinajstić information content (AvgIpc) is 3.07. The van der Waals surface area contributed by atoms with Crippen molar-refractivity contribution in [2.45, 2.75) is 59.9 Å². The van der Waals surface area contributed by atoms with Gasteiger partial charge in [0, 0.05) is 18.5 Å². The fraction of sp³-hybridized carbons (Fsp3) is 0.480. The summed E-state index contributed by atoms with van der Waals surface area (Å²) in [6, 6.07) is 15.5. The first-order chi connectivity index (χ1) is 12.8. The number of ketones is 1. The number of carbonyl (C=O) groups is 1. The van der Waals surface area contributed by atoms with E-state index in [1.54, 1.807) is 6.92 Å². The second-order valence-corrected chi connectivity index (χ2v) is 8.96. The van der Waals surface area contributed by atoms with Crippen molar-refractivity contribution in [1.82, 2.24) is 4.90 Å². The minimum atomic E-state index is -0.295. The summed E-state index contributed by atoms with van der Waals surface area (Å²) in [5.41, 5.74) is 6.58. The molecule has 0 radical (unpaired) electrons. The Morgan fingerprint density at radius 2 is 1.74 bits per heavy atom. The van der Waals surface area contributed by atoms with E-state index in [0.717, 1.165) is 26.1 Å². The third-order valence-corrected chi connectivity index (χ3v) is 6.28. The van der Waals surface area contributed by atoms with E-state index in [0.29, 0.717) is 5.92 Å². The van der Waals surface area contributed by atoms with Crippen LogP contribution in [-0.2, 0) is 17.8 Å². The van der Waals surface area contributed by atoms with Crippen LogP contribution in [0.1, 0.15) is 60.9 Å². The lowest BCUT2D eigenvalue weighted by Crippen LogP contribution is -2.25. The molecule has 1 aliphatic rings. The number of rotatable bonds is 6. The summed E-state index contributed by atoms with van der Waals surface area (Å²) in [6.07, 6.45) is 2.05. The molecular weight excluding hydrogens is 330 g/mol. The second-order valence-electron chi connectivity index (χ2n) is 8.96. The Bertz CT molecular complexity index is 783. The van der Waals surface area contributed by atoms with Gasteiger partial charge in [0.15, 0.2) is 0 Å². The number of benzene rings is 2. The lowest BCUT2D eigenvalue weighted by molar-refractivity contribution is -0.124. The van der Waals surface area contributed by atoms with Crippen LogP contribution in [0.3, 0.4) is 0 Å². The Labute approximate surface area is 164 Å². The van der Waals surface area contributed by atoms with E-state index in [9.17, 15) is 4.79 Å². The van der Waals surface area contributed by atoms with Gasteiger partial charge >= 0.3 is 0 Å². The first-order valence-corrected chi connectivity index (χ1v) is 10.1. The summed E-state index contributed by atoms with van der Waals surface area (Å²) in [7, 11) is 0. The monoisotopic (exact) mass is 363 g/mol. The summed E-state index contributed by atoms with van der Waals surface area (Å²) < 4.78 is 0. The molecule has 0 aliphatic carbocycles. The second kappa shape index (κ2) is 7.98. The van der Waals surface area contributed by atoms with Gasteiger partial charge in [-0.2, -0.15) is 0 Å². The van der Waals surface area contributed by atoms with Crippen molar-refractivity contribution in [2.75, 3.05) is 13.1 Å². The third kappa shape index (κ3) is 4.68. The molecule has 1 atom stereocenters. The summed E-state index contributed by atoms with van der Waals surface area (Å²) in [4.78, 5) is 14.5. The SMILES string of the molecule is CC(=O)C(C)(C)Cc1c(C)cc(C2CCN(Cc3ccccc3)C2)cc1C. The van der Waals surface area contributed by atoms with Crippen molar-refractivity contribution in [3.8, 4) is 0 Å². The van der Waals surface area contributed by atoms with Crippen LogP contribution in [-0.4, -0.2) is 23.8 Å². The van der Waals surface area contributed by atoms with E-state index in [1.807, 2.05) is 0 Å². The van der Waals surface area contributed by atoms with Gasteiger partial charge in [-0.1, -0.05) is 56.3 Å². The largest absolute Gasteiger partial charge is 0.299 e. The molecule has 3 rings (SSSR count). The highest BCUT2D eigenvalue weighted by atomic mass is 16.1. The summed E-state index contributed by atoms with van der Waals surface area (Å²) in [5.74, 6) is 0.874. The van der Waals surface area contributed by atoms with Crippen molar-refractivity contribution in [2.24, 2.45) is 5.41 Å². The van der Waals surface area contributed by atoms with Crippen LogP contribution in [0.4, 0.5) is 0 Å². The van der Waals surface area contributed by atoms with E-state index in [2.05, 4.69) is 75.1 Å². The Balaban J connectivity index is 1.72. The minimum absolute atomic E-state index is 0.262. The molecule has 1 saturated heterocycles. The highest BCUT2D eigenvalue weighted by Gasteiger charge is 2.27. The Morgan fingerprint density at radius 3 is 2.33 bits per heavy atom. The first kappa shape index (κ1) is 19.8. The van der Waals surface area contributed by atoms with Crippen molar-refractivity contribution in [3.05, 3.63) is 70.3 Å². The van der Waals surface area contributed by atoms with Crippen LogP contribution < -0.4 is 0 Å². The molecule has 2 nitrogen and oxygen atoms in total. The van der Waals surface area contributed by atoms with Gasteiger partial charge in [-0.3, -0.25) is 9.69 Å². The lowest BCUT2D eigenvalue weighted by atomic mass is 9.79. The predicted molar refractivity (Wildman–Crippen MR) is 113 cm³/mol. The maximum absolute atomic E-state index is 11.9. The molecule has 0 aromatic heterocycles. The summed E-state index contributed by atoms with van der Waals surface area (Å²) in [5, 5.41) is 0. The molecular formula is C25H33NO. The van der Waals surface area contributed by atoms with Gasteiger partial charge in [0.25, 0.3) is 0 Å². The van der Waals surface area contributed by atoms with Gasteiger partial charge in [-0.25, -0.2) is 0 Å². The van der Waals surface area contributed by atoms with Crippen LogP contribution in [0.5, 0.6) is 0 Å². The quantitative estimate of drug-likeness (QED) is 0.680. The Morgan fingerprint density at radius 1 is 1.11 bits per heavy atom. The molecule has 2 heteroatoms. The fourth-order valence-corrected chi connectivity index (χ4v) is 4.20. The van der Waals surface area contributed by atoms with Gasteiger partial charge in [0.2, 0.25) is 0 Å². The normalized spacial score (nSPS) is 18.0. The number of carbonyl (C=O) groups excluding carboxylic acids is 1. The first-order valence-electron chi connectivity index (χ1n) is 10.1. The van der Waals surface area contributed by atoms with Crippen LogP contribution in [0.25, 0.3) is 0 Å². The van der Waals surface area contributed by atoms with Gasteiger partial charge in [-0.05, 0) is 73.9 Å². The molecule has 2 aromatic rings. The van der Waals surface area contributed by atoms with E-state index < -0.39 is 0 Å². The van der Waals surface area contributed by atoms with E-state index in [1.165, 1.54) is 34.2 Å². The van der Waals surface area contributed by atoms with Crippen LogP contribution in [0.15, 0.2) is 42.5 Å².